The lowest BCUT2D eigenvalue weighted by Crippen LogP contribution is -2.43. The molecule has 1 saturated carbocycles. The first-order chi connectivity index (χ1) is 8.65. The Morgan fingerprint density at radius 3 is 2.94 bits per heavy atom. The first kappa shape index (κ1) is 12.1. The van der Waals surface area contributed by atoms with Crippen LogP contribution >= 0.6 is 0 Å². The van der Waals surface area contributed by atoms with Crippen molar-refractivity contribution in [3.63, 3.8) is 0 Å². The number of fused-ring (bicyclic) bond motifs is 3. The van der Waals surface area contributed by atoms with Crippen molar-refractivity contribution in [2.75, 3.05) is 5.73 Å². The number of nitrogens with two attached hydrogens (primary N) is 1. The zero-order chi connectivity index (χ0) is 12.8. The second-order valence-corrected chi connectivity index (χ2v) is 6.54. The first-order valence-electron chi connectivity index (χ1n) is 7.54. The summed E-state index contributed by atoms with van der Waals surface area (Å²) in [7, 11) is 0. The molecule has 1 nitrogen and oxygen atoms in total. The van der Waals surface area contributed by atoms with Crippen molar-refractivity contribution in [1.29, 1.82) is 0 Å². The van der Waals surface area contributed by atoms with Gasteiger partial charge in [0.25, 0.3) is 0 Å². The van der Waals surface area contributed by atoms with Gasteiger partial charge in [0.15, 0.2) is 0 Å². The third kappa shape index (κ3) is 1.67. The minimum absolute atomic E-state index is 0.391. The lowest BCUT2D eigenvalue weighted by Gasteiger charge is -2.50. The van der Waals surface area contributed by atoms with E-state index in [-0.39, 0.29) is 0 Å². The van der Waals surface area contributed by atoms with Gasteiger partial charge in [0, 0.05) is 5.69 Å². The molecule has 98 valence electrons. The molecule has 3 atom stereocenters. The van der Waals surface area contributed by atoms with Gasteiger partial charge >= 0.3 is 0 Å². The Hall–Kier alpha value is -0.980. The highest BCUT2D eigenvalue weighted by atomic mass is 14.6. The van der Waals surface area contributed by atoms with Crippen molar-refractivity contribution in [1.82, 2.24) is 0 Å². The smallest absolute Gasteiger partial charge is 0.0317 e. The Kier molecular flexibility index (Phi) is 2.88. The molecule has 0 heterocycles. The highest BCUT2D eigenvalue weighted by molar-refractivity contribution is 5.49. The van der Waals surface area contributed by atoms with Crippen LogP contribution in [0, 0.1) is 11.8 Å². The lowest BCUT2D eigenvalue weighted by molar-refractivity contribution is 0.104. The Bertz CT molecular complexity index is 451. The Labute approximate surface area is 111 Å². The SMILES string of the molecule is CCC1CCCC2(C)c3cc(N)ccc3CCC12. The molecule has 3 unspecified atom stereocenters. The van der Waals surface area contributed by atoms with Gasteiger partial charge in [-0.15, -0.1) is 0 Å². The third-order valence-corrected chi connectivity index (χ3v) is 5.66. The van der Waals surface area contributed by atoms with E-state index in [0.29, 0.717) is 5.41 Å². The molecule has 0 aliphatic heterocycles. The minimum Gasteiger partial charge on any atom is -0.399 e. The van der Waals surface area contributed by atoms with Crippen molar-refractivity contribution >= 4 is 5.69 Å². The highest BCUT2D eigenvalue weighted by Gasteiger charge is 2.45. The van der Waals surface area contributed by atoms with Gasteiger partial charge < -0.3 is 5.73 Å². The number of rotatable bonds is 1. The van der Waals surface area contributed by atoms with Crippen LogP contribution in [-0.4, -0.2) is 0 Å². The van der Waals surface area contributed by atoms with Crippen LogP contribution in [0.1, 0.15) is 57.1 Å². The van der Waals surface area contributed by atoms with Gasteiger partial charge in [-0.3, -0.25) is 0 Å². The Morgan fingerprint density at radius 1 is 1.33 bits per heavy atom. The monoisotopic (exact) mass is 243 g/mol. The molecule has 0 aromatic heterocycles. The number of anilines is 1. The molecule has 0 spiro atoms. The van der Waals surface area contributed by atoms with Crippen LogP contribution < -0.4 is 5.73 Å². The standard InChI is InChI=1S/C17H25N/c1-3-12-5-4-10-17(2)15(12)9-7-13-6-8-14(18)11-16(13)17/h6,8,11-12,15H,3-5,7,9-10,18H2,1-2H3. The summed E-state index contributed by atoms with van der Waals surface area (Å²) >= 11 is 0. The minimum atomic E-state index is 0.391. The summed E-state index contributed by atoms with van der Waals surface area (Å²) in [6.07, 6.45) is 8.16. The van der Waals surface area contributed by atoms with Crippen LogP contribution in [0.4, 0.5) is 5.69 Å². The summed E-state index contributed by atoms with van der Waals surface area (Å²) in [5.41, 5.74) is 10.5. The molecule has 1 aromatic carbocycles. The maximum atomic E-state index is 6.03. The van der Waals surface area contributed by atoms with Gasteiger partial charge in [-0.25, -0.2) is 0 Å². The molecule has 1 heteroatoms. The molecule has 0 radical (unpaired) electrons. The number of aryl methyl sites for hydroxylation is 1. The van der Waals surface area contributed by atoms with E-state index in [1.807, 2.05) is 0 Å². The van der Waals surface area contributed by atoms with Gasteiger partial charge in [0.2, 0.25) is 0 Å². The number of hydrogen-bond donors (Lipinski definition) is 1. The zero-order valence-electron chi connectivity index (χ0n) is 11.7. The Balaban J connectivity index is 2.07. The van der Waals surface area contributed by atoms with Gasteiger partial charge in [0.05, 0.1) is 0 Å². The molecule has 3 rings (SSSR count). The fraction of sp³-hybridized carbons (Fsp3) is 0.647. The summed E-state index contributed by atoms with van der Waals surface area (Å²) in [5.74, 6) is 1.81. The van der Waals surface area contributed by atoms with Crippen LogP contribution in [0.3, 0.4) is 0 Å². The van der Waals surface area contributed by atoms with Crippen LogP contribution in [0.5, 0.6) is 0 Å². The van der Waals surface area contributed by atoms with E-state index in [4.69, 9.17) is 5.73 Å². The molecule has 2 aliphatic carbocycles. The van der Waals surface area contributed by atoms with Crippen LogP contribution in [0.15, 0.2) is 18.2 Å². The summed E-state index contributed by atoms with van der Waals surface area (Å²) in [6.45, 7) is 4.86. The molecule has 0 bridgehead atoms. The second kappa shape index (κ2) is 4.29. The zero-order valence-corrected chi connectivity index (χ0v) is 11.7. The summed E-state index contributed by atoms with van der Waals surface area (Å²) < 4.78 is 0. The molecular formula is C17H25N. The third-order valence-electron chi connectivity index (χ3n) is 5.66. The van der Waals surface area contributed by atoms with E-state index in [2.05, 4.69) is 32.0 Å². The molecule has 0 saturated heterocycles. The van der Waals surface area contributed by atoms with Gasteiger partial charge in [-0.2, -0.15) is 0 Å². The quantitative estimate of drug-likeness (QED) is 0.731. The summed E-state index contributed by atoms with van der Waals surface area (Å²) in [6, 6.07) is 6.60. The summed E-state index contributed by atoms with van der Waals surface area (Å²) in [4.78, 5) is 0. The van der Waals surface area contributed by atoms with E-state index in [1.54, 1.807) is 11.1 Å². The summed E-state index contributed by atoms with van der Waals surface area (Å²) in [5, 5.41) is 0. The van der Waals surface area contributed by atoms with Gasteiger partial charge in [-0.05, 0) is 59.8 Å². The average molecular weight is 243 g/mol. The maximum absolute atomic E-state index is 6.03. The molecule has 2 aliphatic rings. The molecule has 18 heavy (non-hydrogen) atoms. The topological polar surface area (TPSA) is 26.0 Å². The van der Waals surface area contributed by atoms with Crippen molar-refractivity contribution in [3.8, 4) is 0 Å². The molecule has 2 N–H and O–H groups in total. The van der Waals surface area contributed by atoms with E-state index < -0.39 is 0 Å². The van der Waals surface area contributed by atoms with E-state index >= 15 is 0 Å². The van der Waals surface area contributed by atoms with Crippen molar-refractivity contribution in [2.45, 2.75) is 57.8 Å². The predicted molar refractivity (Wildman–Crippen MR) is 77.6 cm³/mol. The molecule has 1 fully saturated rings. The fourth-order valence-electron chi connectivity index (χ4n) is 4.67. The number of benzene rings is 1. The first-order valence-corrected chi connectivity index (χ1v) is 7.54. The Morgan fingerprint density at radius 2 is 2.17 bits per heavy atom. The lowest BCUT2D eigenvalue weighted by atomic mass is 9.54. The fourth-order valence-corrected chi connectivity index (χ4v) is 4.67. The molecule has 1 aromatic rings. The number of nitrogen functional groups attached to an aromatic ring is 1. The van der Waals surface area contributed by atoms with Crippen LogP contribution in [-0.2, 0) is 11.8 Å². The predicted octanol–water partition coefficient (Wildman–Crippen LogP) is 4.30. The van der Waals surface area contributed by atoms with Gasteiger partial charge in [0.1, 0.15) is 0 Å². The van der Waals surface area contributed by atoms with Crippen molar-refractivity contribution in [2.24, 2.45) is 11.8 Å². The maximum Gasteiger partial charge on any atom is 0.0317 e. The van der Waals surface area contributed by atoms with Gasteiger partial charge in [-0.1, -0.05) is 39.2 Å². The van der Waals surface area contributed by atoms with Crippen molar-refractivity contribution in [3.05, 3.63) is 29.3 Å². The van der Waals surface area contributed by atoms with Crippen molar-refractivity contribution < 1.29 is 0 Å². The largest absolute Gasteiger partial charge is 0.399 e. The van der Waals surface area contributed by atoms with Crippen LogP contribution in [0.2, 0.25) is 0 Å². The molecular weight excluding hydrogens is 218 g/mol. The van der Waals surface area contributed by atoms with Crippen LogP contribution in [0.25, 0.3) is 0 Å². The normalized spacial score (nSPS) is 34.8. The molecule has 0 amide bonds. The second-order valence-electron chi connectivity index (χ2n) is 6.54. The number of hydrogen-bond acceptors (Lipinski definition) is 1. The van der Waals surface area contributed by atoms with E-state index in [9.17, 15) is 0 Å². The van der Waals surface area contributed by atoms with E-state index in [1.165, 1.54) is 38.5 Å². The highest BCUT2D eigenvalue weighted by Crippen LogP contribution is 2.53. The van der Waals surface area contributed by atoms with E-state index in [0.717, 1.165) is 17.5 Å². The average Bonchev–Trinajstić information content (AvgIpc) is 2.38.